The molecule has 1 aromatic heterocycles. The Morgan fingerprint density at radius 2 is 1.93 bits per heavy atom. The fourth-order valence-electron chi connectivity index (χ4n) is 3.61. The summed E-state index contributed by atoms with van der Waals surface area (Å²) in [6, 6.07) is 16.8. The predicted molar refractivity (Wildman–Crippen MR) is 112 cm³/mol. The number of para-hydroxylation sites is 1. The fourth-order valence-corrected chi connectivity index (χ4v) is 3.61. The molecular weight excluding hydrogens is 366 g/mol. The van der Waals surface area contributed by atoms with Crippen molar-refractivity contribution < 1.29 is 9.53 Å². The van der Waals surface area contributed by atoms with Crippen LogP contribution in [0.2, 0.25) is 0 Å². The van der Waals surface area contributed by atoms with Crippen LogP contribution in [0.3, 0.4) is 0 Å². The third-order valence-corrected chi connectivity index (χ3v) is 5.06. The highest BCUT2D eigenvalue weighted by Gasteiger charge is 2.22. The molecule has 2 heterocycles. The molecule has 0 aliphatic carbocycles. The lowest BCUT2D eigenvalue weighted by Gasteiger charge is -2.29. The van der Waals surface area contributed by atoms with Crippen molar-refractivity contribution in [3.63, 3.8) is 0 Å². The molecule has 0 spiro atoms. The van der Waals surface area contributed by atoms with Crippen molar-refractivity contribution in [2.24, 2.45) is 0 Å². The third-order valence-electron chi connectivity index (χ3n) is 5.06. The molecule has 3 aromatic rings. The van der Waals surface area contributed by atoms with E-state index in [1.807, 2.05) is 55.5 Å². The van der Waals surface area contributed by atoms with Gasteiger partial charge < -0.3 is 9.64 Å². The standard InChI is InChI=1S/C23H23N3O3/c1-2-29-19-11-9-17(10-12-19)20-14-22(27)25(16-24-20)15-23(28)26-13-5-7-18-6-3-4-8-21(18)26/h3-4,6,8-12,14,16H,2,5,7,13,15H2,1H3. The monoisotopic (exact) mass is 389 g/mol. The van der Waals surface area contributed by atoms with E-state index in [0.717, 1.165) is 29.8 Å². The minimum Gasteiger partial charge on any atom is -0.494 e. The Balaban J connectivity index is 1.52. The number of carbonyl (C=O) groups excluding carboxylic acids is 1. The molecule has 6 heteroatoms. The van der Waals surface area contributed by atoms with E-state index >= 15 is 0 Å². The van der Waals surface area contributed by atoms with E-state index in [4.69, 9.17) is 4.74 Å². The van der Waals surface area contributed by atoms with Crippen molar-refractivity contribution in [1.29, 1.82) is 0 Å². The molecule has 29 heavy (non-hydrogen) atoms. The zero-order valence-corrected chi connectivity index (χ0v) is 16.4. The van der Waals surface area contributed by atoms with E-state index in [1.165, 1.54) is 22.5 Å². The van der Waals surface area contributed by atoms with Crippen LogP contribution in [0.25, 0.3) is 11.3 Å². The molecule has 0 unspecified atom stereocenters. The van der Waals surface area contributed by atoms with Gasteiger partial charge in [0, 0.05) is 23.9 Å². The van der Waals surface area contributed by atoms with E-state index in [9.17, 15) is 9.59 Å². The predicted octanol–water partition coefficient (Wildman–Crippen LogP) is 3.29. The van der Waals surface area contributed by atoms with Gasteiger partial charge in [0.2, 0.25) is 5.91 Å². The van der Waals surface area contributed by atoms with E-state index < -0.39 is 0 Å². The summed E-state index contributed by atoms with van der Waals surface area (Å²) in [5, 5.41) is 0. The Labute approximate surface area is 169 Å². The van der Waals surface area contributed by atoms with E-state index in [2.05, 4.69) is 4.98 Å². The summed E-state index contributed by atoms with van der Waals surface area (Å²) in [6.45, 7) is 3.17. The van der Waals surface area contributed by atoms with Gasteiger partial charge in [0.15, 0.2) is 0 Å². The summed E-state index contributed by atoms with van der Waals surface area (Å²) >= 11 is 0. The lowest BCUT2D eigenvalue weighted by atomic mass is 10.0. The molecular formula is C23H23N3O3. The Kier molecular flexibility index (Phi) is 5.42. The van der Waals surface area contributed by atoms with Crippen LogP contribution in [0.1, 0.15) is 18.9 Å². The second-order valence-electron chi connectivity index (χ2n) is 6.98. The van der Waals surface area contributed by atoms with Gasteiger partial charge in [-0.25, -0.2) is 4.98 Å². The van der Waals surface area contributed by atoms with Crippen LogP contribution < -0.4 is 15.2 Å². The van der Waals surface area contributed by atoms with Crippen LogP contribution in [0.15, 0.2) is 65.7 Å². The summed E-state index contributed by atoms with van der Waals surface area (Å²) in [6.07, 6.45) is 3.34. The first-order chi connectivity index (χ1) is 14.2. The largest absolute Gasteiger partial charge is 0.494 e. The van der Waals surface area contributed by atoms with Crippen LogP contribution >= 0.6 is 0 Å². The number of nitrogens with zero attached hydrogens (tertiary/aromatic N) is 3. The molecule has 2 aromatic carbocycles. The molecule has 1 aliphatic rings. The summed E-state index contributed by atoms with van der Waals surface area (Å²) in [7, 11) is 0. The second kappa shape index (κ2) is 8.31. The molecule has 6 nitrogen and oxygen atoms in total. The Morgan fingerprint density at radius 1 is 1.14 bits per heavy atom. The summed E-state index contributed by atoms with van der Waals surface area (Å²) in [5.41, 5.74) is 3.26. The molecule has 0 fully saturated rings. The number of rotatable bonds is 5. The number of hydrogen-bond acceptors (Lipinski definition) is 4. The van der Waals surface area contributed by atoms with Crippen LogP contribution in [0.5, 0.6) is 5.75 Å². The number of benzene rings is 2. The number of anilines is 1. The second-order valence-corrected chi connectivity index (χ2v) is 6.98. The highest BCUT2D eigenvalue weighted by molar-refractivity contribution is 5.94. The maximum absolute atomic E-state index is 12.9. The van der Waals surface area contributed by atoms with Crippen molar-refractivity contribution in [2.75, 3.05) is 18.1 Å². The van der Waals surface area contributed by atoms with Crippen LogP contribution in [0.4, 0.5) is 5.69 Å². The highest BCUT2D eigenvalue weighted by atomic mass is 16.5. The Hall–Kier alpha value is -3.41. The Bertz CT molecular complexity index is 1070. The lowest BCUT2D eigenvalue weighted by molar-refractivity contribution is -0.119. The van der Waals surface area contributed by atoms with Crippen molar-refractivity contribution >= 4 is 11.6 Å². The summed E-state index contributed by atoms with van der Waals surface area (Å²) < 4.78 is 6.80. The molecule has 1 aliphatic heterocycles. The first-order valence-electron chi connectivity index (χ1n) is 9.83. The van der Waals surface area contributed by atoms with E-state index in [-0.39, 0.29) is 18.0 Å². The molecule has 0 radical (unpaired) electrons. The molecule has 148 valence electrons. The van der Waals surface area contributed by atoms with Gasteiger partial charge in [-0.05, 0) is 55.7 Å². The summed E-state index contributed by atoms with van der Waals surface area (Å²) in [4.78, 5) is 31.6. The maximum Gasteiger partial charge on any atom is 0.254 e. The van der Waals surface area contributed by atoms with Crippen LogP contribution in [-0.4, -0.2) is 28.6 Å². The number of aromatic nitrogens is 2. The molecule has 0 N–H and O–H groups in total. The first kappa shape index (κ1) is 18.9. The van der Waals surface area contributed by atoms with Crippen molar-refractivity contribution in [3.8, 4) is 17.0 Å². The molecule has 0 atom stereocenters. The van der Waals surface area contributed by atoms with Crippen LogP contribution in [0, 0.1) is 0 Å². The van der Waals surface area contributed by atoms with Gasteiger partial charge in [0.05, 0.1) is 18.6 Å². The van der Waals surface area contributed by atoms with Gasteiger partial charge in [-0.2, -0.15) is 0 Å². The number of carbonyl (C=O) groups is 1. The minimum atomic E-state index is -0.248. The molecule has 0 bridgehead atoms. The molecule has 0 saturated carbocycles. The van der Waals surface area contributed by atoms with Gasteiger partial charge in [-0.1, -0.05) is 18.2 Å². The third kappa shape index (κ3) is 4.06. The Morgan fingerprint density at radius 3 is 2.69 bits per heavy atom. The first-order valence-corrected chi connectivity index (χ1v) is 9.83. The normalized spacial score (nSPS) is 13.1. The van der Waals surface area contributed by atoms with Crippen molar-refractivity contribution in [3.05, 3.63) is 76.8 Å². The van der Waals surface area contributed by atoms with E-state index in [0.29, 0.717) is 18.8 Å². The van der Waals surface area contributed by atoms with Gasteiger partial charge >= 0.3 is 0 Å². The van der Waals surface area contributed by atoms with Gasteiger partial charge in [0.25, 0.3) is 5.56 Å². The fraction of sp³-hybridized carbons (Fsp3) is 0.261. The van der Waals surface area contributed by atoms with Crippen molar-refractivity contribution in [1.82, 2.24) is 9.55 Å². The maximum atomic E-state index is 12.9. The van der Waals surface area contributed by atoms with E-state index in [1.54, 1.807) is 4.90 Å². The zero-order valence-electron chi connectivity index (χ0n) is 16.4. The van der Waals surface area contributed by atoms with Gasteiger partial charge in [0.1, 0.15) is 12.3 Å². The molecule has 0 saturated heterocycles. The average Bonchev–Trinajstić information content (AvgIpc) is 2.75. The van der Waals surface area contributed by atoms with Gasteiger partial charge in [-0.15, -0.1) is 0 Å². The molecule has 4 rings (SSSR count). The average molecular weight is 389 g/mol. The number of amides is 1. The number of fused-ring (bicyclic) bond motifs is 1. The number of hydrogen-bond donors (Lipinski definition) is 0. The van der Waals surface area contributed by atoms with Crippen LogP contribution in [-0.2, 0) is 17.8 Å². The summed E-state index contributed by atoms with van der Waals surface area (Å²) in [5.74, 6) is 0.673. The van der Waals surface area contributed by atoms with Crippen molar-refractivity contribution in [2.45, 2.75) is 26.3 Å². The topological polar surface area (TPSA) is 64.4 Å². The highest BCUT2D eigenvalue weighted by Crippen LogP contribution is 2.27. The van der Waals surface area contributed by atoms with Gasteiger partial charge in [-0.3, -0.25) is 14.2 Å². The number of ether oxygens (including phenoxy) is 1. The lowest BCUT2D eigenvalue weighted by Crippen LogP contribution is -2.39. The minimum absolute atomic E-state index is 0.0241. The number of aryl methyl sites for hydroxylation is 1. The smallest absolute Gasteiger partial charge is 0.254 e. The quantitative estimate of drug-likeness (QED) is 0.672. The zero-order chi connectivity index (χ0) is 20.2. The molecule has 1 amide bonds. The SMILES string of the molecule is CCOc1ccc(-c2cc(=O)n(CC(=O)N3CCCc4ccccc43)cn2)cc1.